The molecule has 0 aromatic heterocycles. The monoisotopic (exact) mass is 558 g/mol. The summed E-state index contributed by atoms with van der Waals surface area (Å²) in [5, 5.41) is 17.5. The highest BCUT2D eigenvalue weighted by Crippen LogP contribution is 2.12. The summed E-state index contributed by atoms with van der Waals surface area (Å²) >= 11 is 0. The van der Waals surface area contributed by atoms with E-state index in [-0.39, 0.29) is 50.1 Å². The first-order chi connectivity index (χ1) is 18.6. The van der Waals surface area contributed by atoms with Crippen molar-refractivity contribution in [1.82, 2.24) is 16.0 Å². The minimum Gasteiger partial charge on any atom is -0.469 e. The van der Waals surface area contributed by atoms with Crippen molar-refractivity contribution in [1.29, 1.82) is 0 Å². The molecule has 13 nitrogen and oxygen atoms in total. The smallest absolute Gasteiger partial charge is 0.312 e. The number of nitrogens with one attached hydrogen (secondary N) is 4. The van der Waals surface area contributed by atoms with E-state index >= 15 is 0 Å². The molecule has 2 atom stereocenters. The van der Waals surface area contributed by atoms with E-state index in [1.807, 2.05) is 0 Å². The number of urea groups is 1. The number of rotatable bonds is 14. The van der Waals surface area contributed by atoms with Crippen LogP contribution in [0.25, 0.3) is 0 Å². The van der Waals surface area contributed by atoms with Crippen molar-refractivity contribution < 1.29 is 38.2 Å². The van der Waals surface area contributed by atoms with Crippen molar-refractivity contribution in [2.24, 2.45) is 17.4 Å². The van der Waals surface area contributed by atoms with Gasteiger partial charge in [-0.15, -0.1) is 0 Å². The molecule has 0 bridgehead atoms. The van der Waals surface area contributed by atoms with Crippen molar-refractivity contribution in [3.05, 3.63) is 29.8 Å². The number of carbonyl (C=O) groups is 5. The van der Waals surface area contributed by atoms with E-state index < -0.39 is 29.9 Å². The van der Waals surface area contributed by atoms with Gasteiger partial charge in [0.1, 0.15) is 12.1 Å². The second-order valence-electron chi connectivity index (χ2n) is 8.26. The van der Waals surface area contributed by atoms with E-state index in [0.29, 0.717) is 24.8 Å². The number of benzene rings is 1. The molecule has 0 saturated heterocycles. The van der Waals surface area contributed by atoms with Crippen LogP contribution in [-0.2, 0) is 30.3 Å². The van der Waals surface area contributed by atoms with E-state index in [9.17, 15) is 28.4 Å². The summed E-state index contributed by atoms with van der Waals surface area (Å²) in [6.07, 6.45) is 0.749. The van der Waals surface area contributed by atoms with E-state index in [1.54, 1.807) is 38.1 Å². The van der Waals surface area contributed by atoms with Crippen molar-refractivity contribution in [3.8, 4) is 0 Å². The van der Waals surface area contributed by atoms with Gasteiger partial charge in [-0.25, -0.2) is 4.79 Å². The van der Waals surface area contributed by atoms with Crippen LogP contribution in [-0.4, -0.2) is 81.4 Å². The van der Waals surface area contributed by atoms with E-state index in [0.717, 1.165) is 7.11 Å². The van der Waals surface area contributed by atoms with Gasteiger partial charge in [0, 0.05) is 32.3 Å². The number of halogens is 1. The Morgan fingerprint density at radius 3 is 2.08 bits per heavy atom. The number of anilines is 1. The van der Waals surface area contributed by atoms with Gasteiger partial charge in [0.25, 0.3) is 0 Å². The predicted molar refractivity (Wildman–Crippen MR) is 145 cm³/mol. The molecule has 0 spiro atoms. The number of amides is 5. The summed E-state index contributed by atoms with van der Waals surface area (Å²) in [6, 6.07) is 4.13. The Hall–Kier alpha value is -3.78. The molecule has 1 aromatic carbocycles. The number of hydrogen-bond donors (Lipinski definition) is 7. The van der Waals surface area contributed by atoms with Gasteiger partial charge in [-0.1, -0.05) is 26.0 Å². The van der Waals surface area contributed by atoms with Crippen LogP contribution >= 0.6 is 0 Å². The zero-order valence-electron chi connectivity index (χ0n) is 23.2. The standard InChI is InChI=1S/C23H36N6O6.CH3F.CH4O/c1-14(2)20(29-18(30)10-11-24)22(33)28-17(5-4-12-26-23(25)34)21(32)27-16-8-6-15(7-9-16)13-19(31)35-3;2*1-2/h6-9,14,17,20H,4-5,10-13,24H2,1-3H3,(H,27,32)(H,28,33)(H,29,30)(H3,25,26,34);1H3;2H,1H3/t17-,20?;;/m0../s1. The molecule has 0 aliphatic carbocycles. The summed E-state index contributed by atoms with van der Waals surface area (Å²) < 4.78 is 14.1. The van der Waals surface area contributed by atoms with Crippen LogP contribution in [0.3, 0.4) is 0 Å². The minimum atomic E-state index is -0.945. The molecule has 1 aromatic rings. The molecule has 39 heavy (non-hydrogen) atoms. The quantitative estimate of drug-likeness (QED) is 0.121. The third kappa shape index (κ3) is 16.6. The maximum Gasteiger partial charge on any atom is 0.312 e. The summed E-state index contributed by atoms with van der Waals surface area (Å²) in [5.41, 5.74) is 11.7. The van der Waals surface area contributed by atoms with Crippen molar-refractivity contribution in [2.75, 3.05) is 39.8 Å². The first-order valence-corrected chi connectivity index (χ1v) is 12.2. The second-order valence-corrected chi connectivity index (χ2v) is 8.26. The molecule has 5 amide bonds. The molecular formula is C25H43FN6O7. The van der Waals surface area contributed by atoms with Crippen LogP contribution in [0.5, 0.6) is 0 Å². The molecule has 1 unspecified atom stereocenters. The Bertz CT molecular complexity index is 884. The average molecular weight is 559 g/mol. The number of ether oxygens (including phenoxy) is 1. The lowest BCUT2D eigenvalue weighted by atomic mass is 10.0. The lowest BCUT2D eigenvalue weighted by molar-refractivity contribution is -0.139. The molecular weight excluding hydrogens is 515 g/mol. The van der Waals surface area contributed by atoms with Crippen LogP contribution in [0.1, 0.15) is 38.7 Å². The second kappa shape index (κ2) is 22.2. The largest absolute Gasteiger partial charge is 0.469 e. The highest BCUT2D eigenvalue weighted by atomic mass is 19.1. The van der Waals surface area contributed by atoms with Gasteiger partial charge < -0.3 is 42.6 Å². The number of carbonyl (C=O) groups excluding carboxylic acids is 5. The highest BCUT2D eigenvalue weighted by Gasteiger charge is 2.28. The average Bonchev–Trinajstić information content (AvgIpc) is 2.92. The SMILES string of the molecule is CF.CO.COC(=O)Cc1ccc(NC(=O)[C@H](CCCNC(N)=O)NC(=O)C(NC(=O)CCN)C(C)C)cc1. The van der Waals surface area contributed by atoms with Crippen molar-refractivity contribution in [3.63, 3.8) is 0 Å². The van der Waals surface area contributed by atoms with Crippen LogP contribution in [0.2, 0.25) is 0 Å². The number of methoxy groups -OCH3 is 1. The van der Waals surface area contributed by atoms with Gasteiger partial charge in [0.15, 0.2) is 0 Å². The van der Waals surface area contributed by atoms with Crippen LogP contribution in [0.4, 0.5) is 14.9 Å². The molecule has 0 heterocycles. The molecule has 0 aliphatic heterocycles. The normalized spacial score (nSPS) is 11.3. The fourth-order valence-electron chi connectivity index (χ4n) is 3.13. The summed E-state index contributed by atoms with van der Waals surface area (Å²) in [5.74, 6) is -1.97. The number of primary amides is 1. The minimum absolute atomic E-state index is 0.0746. The van der Waals surface area contributed by atoms with Gasteiger partial charge in [-0.3, -0.25) is 23.6 Å². The molecule has 14 heteroatoms. The number of alkyl halides is 1. The van der Waals surface area contributed by atoms with Crippen LogP contribution in [0, 0.1) is 5.92 Å². The number of aliphatic hydroxyl groups excluding tert-OH is 1. The number of nitrogens with two attached hydrogens (primary N) is 2. The maximum absolute atomic E-state index is 13.0. The molecule has 222 valence electrons. The molecule has 0 saturated carbocycles. The van der Waals surface area contributed by atoms with Crippen molar-refractivity contribution in [2.45, 2.75) is 51.6 Å². The lowest BCUT2D eigenvalue weighted by Gasteiger charge is -2.25. The molecule has 9 N–H and O–H groups in total. The molecule has 0 radical (unpaired) electrons. The molecule has 0 fully saturated rings. The zero-order valence-corrected chi connectivity index (χ0v) is 23.2. The third-order valence-corrected chi connectivity index (χ3v) is 5.04. The summed E-state index contributed by atoms with van der Waals surface area (Å²) in [6.45, 7) is 3.91. The Labute approximate surface area is 228 Å². The van der Waals surface area contributed by atoms with Gasteiger partial charge in [0.2, 0.25) is 17.7 Å². The van der Waals surface area contributed by atoms with Crippen molar-refractivity contribution >= 4 is 35.4 Å². The fourth-order valence-corrected chi connectivity index (χ4v) is 3.13. The van der Waals surface area contributed by atoms with Crippen LogP contribution in [0.15, 0.2) is 24.3 Å². The topological polar surface area (TPSA) is 215 Å². The van der Waals surface area contributed by atoms with Gasteiger partial charge >= 0.3 is 12.0 Å². The third-order valence-electron chi connectivity index (χ3n) is 5.04. The molecule has 1 rings (SSSR count). The van der Waals surface area contributed by atoms with Crippen LogP contribution < -0.4 is 32.7 Å². The summed E-state index contributed by atoms with van der Waals surface area (Å²) in [4.78, 5) is 60.2. The van der Waals surface area contributed by atoms with Gasteiger partial charge in [-0.2, -0.15) is 0 Å². The summed E-state index contributed by atoms with van der Waals surface area (Å²) in [7, 11) is 2.80. The fraction of sp³-hybridized carbons (Fsp3) is 0.560. The Kier molecular flexibility index (Phi) is 21.3. The maximum atomic E-state index is 13.0. The Morgan fingerprint density at radius 2 is 1.59 bits per heavy atom. The van der Waals surface area contributed by atoms with E-state index in [2.05, 4.69) is 26.0 Å². The Morgan fingerprint density at radius 1 is 1.00 bits per heavy atom. The van der Waals surface area contributed by atoms with E-state index in [4.69, 9.17) is 16.6 Å². The van der Waals surface area contributed by atoms with Gasteiger partial charge in [0.05, 0.1) is 20.7 Å². The first kappa shape index (κ1) is 37.4. The number of hydrogen-bond acceptors (Lipinski definition) is 8. The predicted octanol–water partition coefficient (Wildman–Crippen LogP) is -0.0423. The van der Waals surface area contributed by atoms with Gasteiger partial charge in [-0.05, 0) is 36.5 Å². The highest BCUT2D eigenvalue weighted by molar-refractivity contribution is 5.98. The van der Waals surface area contributed by atoms with E-state index in [1.165, 1.54) is 7.11 Å². The lowest BCUT2D eigenvalue weighted by Crippen LogP contribution is -2.54. The first-order valence-electron chi connectivity index (χ1n) is 12.2. The number of esters is 1. The number of aliphatic hydroxyl groups is 1. The molecule has 0 aliphatic rings. The Balaban J connectivity index is 0. The zero-order chi connectivity index (χ0) is 30.4.